The van der Waals surface area contributed by atoms with E-state index in [-0.39, 0.29) is 11.9 Å². The summed E-state index contributed by atoms with van der Waals surface area (Å²) in [5, 5.41) is 11.0. The average molecular weight is 243 g/mol. The molecule has 1 saturated heterocycles. The van der Waals surface area contributed by atoms with Crippen molar-refractivity contribution in [2.45, 2.75) is 24.8 Å². The Bertz CT molecular complexity index is 495. The van der Waals surface area contributed by atoms with E-state index >= 15 is 0 Å². The molecule has 0 radical (unpaired) electrons. The highest BCUT2D eigenvalue weighted by atomic mass is 16.2. The van der Waals surface area contributed by atoms with E-state index in [4.69, 9.17) is 5.41 Å². The summed E-state index contributed by atoms with van der Waals surface area (Å²) >= 11 is 0. The number of nitrogens with zero attached hydrogens (tertiary/aromatic N) is 1. The van der Waals surface area contributed by atoms with Gasteiger partial charge in [-0.25, -0.2) is 0 Å². The van der Waals surface area contributed by atoms with Crippen LogP contribution in [0.1, 0.15) is 24.8 Å². The molecule has 1 unspecified atom stereocenters. The maximum atomic E-state index is 12.6. The first-order valence-electron chi connectivity index (χ1n) is 6.36. The summed E-state index contributed by atoms with van der Waals surface area (Å²) in [6.45, 7) is 0. The van der Waals surface area contributed by atoms with Crippen LogP contribution in [0.25, 0.3) is 0 Å². The topological polar surface area (TPSA) is 56.2 Å². The normalized spacial score (nSPS) is 28.2. The maximum absolute atomic E-state index is 12.6. The lowest BCUT2D eigenvalue weighted by Crippen LogP contribution is -2.52. The molecule has 1 amide bonds. The fourth-order valence-electron chi connectivity index (χ4n) is 2.94. The molecule has 0 bridgehead atoms. The smallest absolute Gasteiger partial charge is 0.259 e. The molecule has 2 N–H and O–H groups in total. The number of nitrogens with one attached hydrogen (secondary N) is 2. The largest absolute Gasteiger partial charge is 0.338 e. The van der Waals surface area contributed by atoms with Crippen LogP contribution in [0.3, 0.4) is 0 Å². The zero-order chi connectivity index (χ0) is 12.8. The van der Waals surface area contributed by atoms with Crippen LogP contribution in [0.5, 0.6) is 0 Å². The van der Waals surface area contributed by atoms with Crippen LogP contribution in [-0.2, 0) is 10.3 Å². The molecule has 0 aromatic heterocycles. The van der Waals surface area contributed by atoms with Crippen LogP contribution >= 0.6 is 0 Å². The number of rotatable bonds is 2. The van der Waals surface area contributed by atoms with Gasteiger partial charge in [-0.15, -0.1) is 0 Å². The Kier molecular flexibility index (Phi) is 2.40. The van der Waals surface area contributed by atoms with Crippen molar-refractivity contribution < 1.29 is 4.79 Å². The predicted octanol–water partition coefficient (Wildman–Crippen LogP) is 1.68. The number of likely N-dealkylation sites (N-methyl/N-ethyl adjacent to an activating group) is 1. The lowest BCUT2D eigenvalue weighted by molar-refractivity contribution is -0.134. The summed E-state index contributed by atoms with van der Waals surface area (Å²) in [6, 6.07) is 9.82. The highest BCUT2D eigenvalue weighted by Gasteiger charge is 2.55. The Morgan fingerprint density at radius 1 is 1.33 bits per heavy atom. The standard InChI is InChI=1S/C14H17N3O/c1-17-12(18)14(16-13(17)15,11-8-5-9-11)10-6-3-2-4-7-10/h2-4,6-7,11H,5,8-9H2,1H3,(H2,15,16). The van der Waals surface area contributed by atoms with Gasteiger partial charge >= 0.3 is 0 Å². The molecule has 0 spiro atoms. The molecule has 94 valence electrons. The van der Waals surface area contributed by atoms with Crippen molar-refractivity contribution in [1.82, 2.24) is 10.2 Å². The Morgan fingerprint density at radius 2 is 2.00 bits per heavy atom. The maximum Gasteiger partial charge on any atom is 0.259 e. The van der Waals surface area contributed by atoms with Gasteiger partial charge in [-0.1, -0.05) is 36.8 Å². The van der Waals surface area contributed by atoms with E-state index < -0.39 is 5.54 Å². The van der Waals surface area contributed by atoms with Gasteiger partial charge in [0.1, 0.15) is 5.54 Å². The molecule has 3 rings (SSSR count). The number of guanidine groups is 1. The van der Waals surface area contributed by atoms with E-state index in [0.29, 0.717) is 5.92 Å². The van der Waals surface area contributed by atoms with Gasteiger partial charge in [0, 0.05) is 7.05 Å². The van der Waals surface area contributed by atoms with E-state index in [2.05, 4.69) is 5.32 Å². The third kappa shape index (κ3) is 1.32. The summed E-state index contributed by atoms with van der Waals surface area (Å²) in [4.78, 5) is 14.0. The summed E-state index contributed by atoms with van der Waals surface area (Å²) < 4.78 is 0. The second kappa shape index (κ2) is 3.83. The highest BCUT2D eigenvalue weighted by molar-refractivity contribution is 6.08. The minimum absolute atomic E-state index is 0.00315. The Labute approximate surface area is 106 Å². The van der Waals surface area contributed by atoms with Gasteiger partial charge in [-0.2, -0.15) is 0 Å². The van der Waals surface area contributed by atoms with E-state index in [0.717, 1.165) is 18.4 Å². The molecule has 2 aliphatic rings. The Balaban J connectivity index is 2.11. The Hall–Kier alpha value is -1.84. The van der Waals surface area contributed by atoms with Gasteiger partial charge in [0.25, 0.3) is 5.91 Å². The molecule has 1 atom stereocenters. The van der Waals surface area contributed by atoms with Crippen LogP contribution in [0.4, 0.5) is 0 Å². The molecular formula is C14H17N3O. The number of benzene rings is 1. The second-order valence-electron chi connectivity index (χ2n) is 5.14. The molecule has 1 aromatic carbocycles. The van der Waals surface area contributed by atoms with Gasteiger partial charge in [0.05, 0.1) is 0 Å². The number of amides is 1. The van der Waals surface area contributed by atoms with Crippen LogP contribution in [0.2, 0.25) is 0 Å². The molecule has 1 saturated carbocycles. The number of hydrogen-bond donors (Lipinski definition) is 2. The fraction of sp³-hybridized carbons (Fsp3) is 0.429. The van der Waals surface area contributed by atoms with E-state index in [1.165, 1.54) is 11.3 Å². The third-order valence-corrected chi connectivity index (χ3v) is 4.24. The predicted molar refractivity (Wildman–Crippen MR) is 69.1 cm³/mol. The monoisotopic (exact) mass is 243 g/mol. The SMILES string of the molecule is CN1C(=N)NC(c2ccccc2)(C2CCC2)C1=O. The van der Waals surface area contributed by atoms with Gasteiger partial charge < -0.3 is 5.32 Å². The first-order valence-corrected chi connectivity index (χ1v) is 6.36. The van der Waals surface area contributed by atoms with Crippen LogP contribution in [0, 0.1) is 11.3 Å². The molecule has 2 fully saturated rings. The fourth-order valence-corrected chi connectivity index (χ4v) is 2.94. The molecule has 1 heterocycles. The van der Waals surface area contributed by atoms with Crippen molar-refractivity contribution in [3.8, 4) is 0 Å². The van der Waals surface area contributed by atoms with Crippen molar-refractivity contribution >= 4 is 11.9 Å². The molecule has 1 aliphatic heterocycles. The molecule has 1 aliphatic carbocycles. The molecular weight excluding hydrogens is 226 g/mol. The molecule has 4 heteroatoms. The van der Waals surface area contributed by atoms with E-state index in [9.17, 15) is 4.79 Å². The summed E-state index contributed by atoms with van der Waals surface area (Å²) in [6.07, 6.45) is 3.27. The van der Waals surface area contributed by atoms with Crippen molar-refractivity contribution in [3.63, 3.8) is 0 Å². The first-order chi connectivity index (χ1) is 8.66. The Morgan fingerprint density at radius 3 is 2.44 bits per heavy atom. The minimum atomic E-state index is -0.703. The summed E-state index contributed by atoms with van der Waals surface area (Å²) in [5.41, 5.74) is 0.277. The zero-order valence-electron chi connectivity index (χ0n) is 10.4. The highest BCUT2D eigenvalue weighted by Crippen LogP contribution is 2.45. The molecule has 4 nitrogen and oxygen atoms in total. The van der Waals surface area contributed by atoms with Crippen molar-refractivity contribution in [3.05, 3.63) is 35.9 Å². The van der Waals surface area contributed by atoms with E-state index in [1.807, 2.05) is 30.3 Å². The van der Waals surface area contributed by atoms with Gasteiger partial charge in [-0.3, -0.25) is 15.1 Å². The van der Waals surface area contributed by atoms with Crippen LogP contribution in [-0.4, -0.2) is 23.8 Å². The van der Waals surface area contributed by atoms with Crippen LogP contribution in [0.15, 0.2) is 30.3 Å². The molecule has 1 aromatic rings. The first kappa shape index (κ1) is 11.3. The summed E-state index contributed by atoms with van der Waals surface area (Å²) in [5.74, 6) is 0.511. The van der Waals surface area contributed by atoms with Gasteiger partial charge in [0.2, 0.25) is 0 Å². The summed E-state index contributed by atoms with van der Waals surface area (Å²) in [7, 11) is 1.67. The number of carbonyl (C=O) groups excluding carboxylic acids is 1. The molecule has 18 heavy (non-hydrogen) atoms. The number of carbonyl (C=O) groups is 1. The van der Waals surface area contributed by atoms with Crippen molar-refractivity contribution in [2.75, 3.05) is 7.05 Å². The third-order valence-electron chi connectivity index (χ3n) is 4.24. The zero-order valence-corrected chi connectivity index (χ0v) is 10.4. The van der Waals surface area contributed by atoms with Gasteiger partial charge in [-0.05, 0) is 24.3 Å². The quantitative estimate of drug-likeness (QED) is 0.830. The lowest BCUT2D eigenvalue weighted by atomic mass is 9.67. The van der Waals surface area contributed by atoms with Gasteiger partial charge in [0.15, 0.2) is 5.96 Å². The second-order valence-corrected chi connectivity index (χ2v) is 5.14. The number of hydrogen-bond acceptors (Lipinski definition) is 2. The van der Waals surface area contributed by atoms with Crippen molar-refractivity contribution in [2.24, 2.45) is 5.92 Å². The average Bonchev–Trinajstić information content (AvgIpc) is 2.54. The van der Waals surface area contributed by atoms with Crippen molar-refractivity contribution in [1.29, 1.82) is 5.41 Å². The lowest BCUT2D eigenvalue weighted by Gasteiger charge is -2.41. The minimum Gasteiger partial charge on any atom is -0.338 e. The van der Waals surface area contributed by atoms with E-state index in [1.54, 1.807) is 7.05 Å². The van der Waals surface area contributed by atoms with Crippen LogP contribution < -0.4 is 5.32 Å².